The van der Waals surface area contributed by atoms with Gasteiger partial charge in [0.05, 0.1) is 6.61 Å². The number of pyridine rings is 1. The third-order valence-corrected chi connectivity index (χ3v) is 2.79. The SMILES string of the molecule is O=C(O)COCc1c(Br)cncc1Br. The van der Waals surface area contributed by atoms with Crippen molar-refractivity contribution in [2.75, 3.05) is 6.61 Å². The highest BCUT2D eigenvalue weighted by atomic mass is 79.9. The van der Waals surface area contributed by atoms with Crippen molar-refractivity contribution in [3.8, 4) is 0 Å². The first kappa shape index (κ1) is 11.6. The second-order valence-electron chi connectivity index (χ2n) is 2.47. The van der Waals surface area contributed by atoms with Crippen LogP contribution >= 0.6 is 31.9 Å². The maximum atomic E-state index is 10.2. The number of aromatic nitrogens is 1. The van der Waals surface area contributed by atoms with Crippen LogP contribution < -0.4 is 0 Å². The molecule has 0 aliphatic heterocycles. The van der Waals surface area contributed by atoms with Crippen molar-refractivity contribution < 1.29 is 14.6 Å². The van der Waals surface area contributed by atoms with Crippen LogP contribution in [0.5, 0.6) is 0 Å². The number of carboxylic acid groups (broad SMARTS) is 1. The van der Waals surface area contributed by atoms with Gasteiger partial charge in [0.15, 0.2) is 0 Å². The summed E-state index contributed by atoms with van der Waals surface area (Å²) in [4.78, 5) is 14.1. The van der Waals surface area contributed by atoms with E-state index in [-0.39, 0.29) is 13.2 Å². The second kappa shape index (κ2) is 5.43. The Morgan fingerprint density at radius 2 is 2.00 bits per heavy atom. The smallest absolute Gasteiger partial charge is 0.329 e. The van der Waals surface area contributed by atoms with Crippen LogP contribution in [0.1, 0.15) is 5.56 Å². The summed E-state index contributed by atoms with van der Waals surface area (Å²) in [5, 5.41) is 8.37. The lowest BCUT2D eigenvalue weighted by atomic mass is 10.3. The van der Waals surface area contributed by atoms with E-state index >= 15 is 0 Å². The fourth-order valence-electron chi connectivity index (χ4n) is 0.816. The van der Waals surface area contributed by atoms with Gasteiger partial charge in [0.2, 0.25) is 0 Å². The van der Waals surface area contributed by atoms with Crippen LogP contribution in [0.2, 0.25) is 0 Å². The van der Waals surface area contributed by atoms with Crippen molar-refractivity contribution in [2.24, 2.45) is 0 Å². The Bertz CT molecular complexity index is 323. The van der Waals surface area contributed by atoms with Gasteiger partial charge in [-0.1, -0.05) is 0 Å². The number of halogens is 2. The lowest BCUT2D eigenvalue weighted by molar-refractivity contribution is -0.142. The van der Waals surface area contributed by atoms with Gasteiger partial charge in [-0.05, 0) is 31.9 Å². The van der Waals surface area contributed by atoms with E-state index in [4.69, 9.17) is 9.84 Å². The highest BCUT2D eigenvalue weighted by molar-refractivity contribution is 9.11. The molecule has 0 atom stereocenters. The first-order chi connectivity index (χ1) is 6.61. The van der Waals surface area contributed by atoms with Gasteiger partial charge in [-0.25, -0.2) is 4.79 Å². The van der Waals surface area contributed by atoms with E-state index < -0.39 is 5.97 Å². The Morgan fingerprint density at radius 1 is 1.43 bits per heavy atom. The highest BCUT2D eigenvalue weighted by Crippen LogP contribution is 2.24. The zero-order valence-corrected chi connectivity index (χ0v) is 10.2. The van der Waals surface area contributed by atoms with E-state index in [1.807, 2.05) is 0 Å². The summed E-state index contributed by atoms with van der Waals surface area (Å²) >= 11 is 6.59. The van der Waals surface area contributed by atoms with Gasteiger partial charge < -0.3 is 9.84 Å². The number of carbonyl (C=O) groups is 1. The van der Waals surface area contributed by atoms with Crippen LogP contribution in [0.4, 0.5) is 0 Å². The van der Waals surface area contributed by atoms with Gasteiger partial charge in [0, 0.05) is 26.9 Å². The highest BCUT2D eigenvalue weighted by Gasteiger charge is 2.06. The molecule has 0 fully saturated rings. The maximum absolute atomic E-state index is 10.2. The molecular formula is C8H7Br2NO3. The molecule has 6 heteroatoms. The molecule has 0 aliphatic rings. The van der Waals surface area contributed by atoms with Crippen LogP contribution in [-0.4, -0.2) is 22.7 Å². The summed E-state index contributed by atoms with van der Waals surface area (Å²) in [6, 6.07) is 0. The Kier molecular flexibility index (Phi) is 4.50. The molecule has 1 rings (SSSR count). The zero-order chi connectivity index (χ0) is 10.6. The van der Waals surface area contributed by atoms with Crippen molar-refractivity contribution in [1.82, 2.24) is 4.98 Å². The molecule has 0 saturated carbocycles. The topological polar surface area (TPSA) is 59.4 Å². The standard InChI is InChI=1S/C8H7Br2NO3/c9-6-1-11-2-7(10)5(6)3-14-4-8(12)13/h1-2H,3-4H2,(H,12,13). The van der Waals surface area contributed by atoms with Crippen molar-refractivity contribution in [3.63, 3.8) is 0 Å². The van der Waals surface area contributed by atoms with Gasteiger partial charge in [0.25, 0.3) is 0 Å². The lowest BCUT2D eigenvalue weighted by Gasteiger charge is -2.05. The molecule has 0 radical (unpaired) electrons. The lowest BCUT2D eigenvalue weighted by Crippen LogP contribution is -2.07. The Balaban J connectivity index is 2.62. The molecule has 76 valence electrons. The second-order valence-corrected chi connectivity index (χ2v) is 4.18. The summed E-state index contributed by atoms with van der Waals surface area (Å²) in [6.45, 7) is -0.0722. The summed E-state index contributed by atoms with van der Waals surface area (Å²) < 4.78 is 6.53. The minimum atomic E-state index is -0.980. The molecule has 1 N–H and O–H groups in total. The number of carboxylic acids is 1. The zero-order valence-electron chi connectivity index (χ0n) is 7.04. The monoisotopic (exact) mass is 323 g/mol. The Morgan fingerprint density at radius 3 is 2.50 bits per heavy atom. The van der Waals surface area contributed by atoms with Gasteiger partial charge in [-0.2, -0.15) is 0 Å². The minimum absolute atomic E-state index is 0.232. The summed E-state index contributed by atoms with van der Waals surface area (Å²) in [7, 11) is 0. The molecule has 0 aliphatic carbocycles. The first-order valence-electron chi connectivity index (χ1n) is 3.68. The molecule has 1 aromatic rings. The van der Waals surface area contributed by atoms with E-state index in [2.05, 4.69) is 36.8 Å². The molecule has 0 spiro atoms. The van der Waals surface area contributed by atoms with Gasteiger partial charge in [-0.15, -0.1) is 0 Å². The average molecular weight is 325 g/mol. The first-order valence-corrected chi connectivity index (χ1v) is 5.27. The van der Waals surface area contributed by atoms with Crippen molar-refractivity contribution >= 4 is 37.8 Å². The molecule has 0 amide bonds. The van der Waals surface area contributed by atoms with E-state index in [1.54, 1.807) is 12.4 Å². The average Bonchev–Trinajstić information content (AvgIpc) is 2.09. The van der Waals surface area contributed by atoms with E-state index in [1.165, 1.54) is 0 Å². The largest absolute Gasteiger partial charge is 0.480 e. The van der Waals surface area contributed by atoms with Crippen molar-refractivity contribution in [1.29, 1.82) is 0 Å². The quantitative estimate of drug-likeness (QED) is 0.922. The van der Waals surface area contributed by atoms with E-state index in [0.29, 0.717) is 0 Å². The van der Waals surface area contributed by atoms with E-state index in [9.17, 15) is 4.79 Å². The van der Waals surface area contributed by atoms with Crippen molar-refractivity contribution in [3.05, 3.63) is 26.9 Å². The molecule has 0 aromatic carbocycles. The predicted molar refractivity (Wildman–Crippen MR) is 56.9 cm³/mol. The normalized spacial score (nSPS) is 10.1. The Hall–Kier alpha value is -0.460. The number of hydrogen-bond acceptors (Lipinski definition) is 3. The third-order valence-electron chi connectivity index (χ3n) is 1.42. The van der Waals surface area contributed by atoms with Gasteiger partial charge in [0.1, 0.15) is 6.61 Å². The van der Waals surface area contributed by atoms with Crippen molar-refractivity contribution in [2.45, 2.75) is 6.61 Å². The molecule has 0 unspecified atom stereocenters. The summed E-state index contributed by atoms with van der Waals surface area (Å²) in [6.07, 6.45) is 3.26. The number of aliphatic carboxylic acids is 1. The predicted octanol–water partition coefficient (Wildman–Crippen LogP) is 2.21. The van der Waals surface area contributed by atoms with Gasteiger partial charge in [-0.3, -0.25) is 4.98 Å². The molecule has 4 nitrogen and oxygen atoms in total. The number of rotatable bonds is 4. The van der Waals surface area contributed by atoms with E-state index in [0.717, 1.165) is 14.5 Å². The molecule has 14 heavy (non-hydrogen) atoms. The molecule has 0 saturated heterocycles. The fraction of sp³-hybridized carbons (Fsp3) is 0.250. The third kappa shape index (κ3) is 3.36. The molecular weight excluding hydrogens is 318 g/mol. The van der Waals surface area contributed by atoms with Crippen LogP contribution in [0.3, 0.4) is 0 Å². The number of nitrogens with zero attached hydrogens (tertiary/aromatic N) is 1. The molecule has 1 aromatic heterocycles. The summed E-state index contributed by atoms with van der Waals surface area (Å²) in [5.74, 6) is -0.980. The van der Waals surface area contributed by atoms with Crippen LogP contribution in [0, 0.1) is 0 Å². The van der Waals surface area contributed by atoms with Crippen LogP contribution in [0.15, 0.2) is 21.3 Å². The Labute approximate surface area is 97.6 Å². The van der Waals surface area contributed by atoms with Crippen LogP contribution in [0.25, 0.3) is 0 Å². The number of hydrogen-bond donors (Lipinski definition) is 1. The molecule has 0 bridgehead atoms. The summed E-state index contributed by atoms with van der Waals surface area (Å²) in [5.41, 5.74) is 0.848. The fourth-order valence-corrected chi connectivity index (χ4v) is 1.97. The maximum Gasteiger partial charge on any atom is 0.329 e. The minimum Gasteiger partial charge on any atom is -0.480 e. The number of ether oxygens (including phenoxy) is 1. The van der Waals surface area contributed by atoms with Gasteiger partial charge >= 0.3 is 5.97 Å². The molecule has 1 heterocycles. The van der Waals surface area contributed by atoms with Crippen LogP contribution in [-0.2, 0) is 16.1 Å².